The van der Waals surface area contributed by atoms with Crippen LogP contribution in [0.15, 0.2) is 22.7 Å². The van der Waals surface area contributed by atoms with Crippen molar-refractivity contribution in [2.75, 3.05) is 39.0 Å². The Kier molecular flexibility index (Phi) is 7.05. The third kappa shape index (κ3) is 6.71. The molecule has 0 saturated heterocycles. The van der Waals surface area contributed by atoms with Gasteiger partial charge in [0.05, 0.1) is 6.54 Å². The molecule has 1 rings (SSSR count). The zero-order valence-electron chi connectivity index (χ0n) is 11.8. The second-order valence-corrected chi connectivity index (χ2v) is 5.70. The lowest BCUT2D eigenvalue weighted by Crippen LogP contribution is -2.30. The van der Waals surface area contributed by atoms with Crippen LogP contribution in [-0.2, 0) is 4.79 Å². The summed E-state index contributed by atoms with van der Waals surface area (Å²) in [5.41, 5.74) is 1.97. The molecule has 1 aromatic rings. The molecule has 0 radical (unpaired) electrons. The lowest BCUT2D eigenvalue weighted by molar-refractivity contribution is -0.115. The van der Waals surface area contributed by atoms with Crippen LogP contribution in [0.3, 0.4) is 0 Å². The maximum atomic E-state index is 11.7. The quantitative estimate of drug-likeness (QED) is 0.755. The Hall–Kier alpha value is -0.910. The van der Waals surface area contributed by atoms with Gasteiger partial charge in [0.25, 0.3) is 0 Å². The van der Waals surface area contributed by atoms with Gasteiger partial charge >= 0.3 is 0 Å². The highest BCUT2D eigenvalue weighted by atomic mass is 79.9. The average molecular weight is 328 g/mol. The van der Waals surface area contributed by atoms with E-state index >= 15 is 0 Å². The fraction of sp³-hybridized carbons (Fsp3) is 0.500. The van der Waals surface area contributed by atoms with E-state index in [0.29, 0.717) is 6.54 Å². The number of aryl methyl sites for hydroxylation is 1. The number of halogens is 1. The molecule has 106 valence electrons. The number of nitrogens with zero attached hydrogens (tertiary/aromatic N) is 1. The van der Waals surface area contributed by atoms with Crippen LogP contribution in [0, 0.1) is 6.92 Å². The van der Waals surface area contributed by atoms with Crippen LogP contribution in [-0.4, -0.2) is 44.5 Å². The van der Waals surface area contributed by atoms with E-state index in [1.165, 1.54) is 0 Å². The zero-order valence-corrected chi connectivity index (χ0v) is 13.4. The topological polar surface area (TPSA) is 44.4 Å². The highest BCUT2D eigenvalue weighted by Gasteiger charge is 2.03. The van der Waals surface area contributed by atoms with Crippen LogP contribution in [0.4, 0.5) is 5.69 Å². The fourth-order valence-electron chi connectivity index (χ4n) is 1.60. The Bertz CT molecular complexity index is 421. The number of carbonyl (C=O) groups is 1. The molecule has 4 nitrogen and oxygen atoms in total. The first-order valence-corrected chi connectivity index (χ1v) is 7.20. The van der Waals surface area contributed by atoms with E-state index in [9.17, 15) is 4.79 Å². The fourth-order valence-corrected chi connectivity index (χ4v) is 1.98. The number of anilines is 1. The van der Waals surface area contributed by atoms with Gasteiger partial charge < -0.3 is 15.5 Å². The molecule has 19 heavy (non-hydrogen) atoms. The van der Waals surface area contributed by atoms with E-state index in [-0.39, 0.29) is 5.91 Å². The molecule has 5 heteroatoms. The molecule has 0 aliphatic heterocycles. The van der Waals surface area contributed by atoms with Crippen molar-refractivity contribution in [2.24, 2.45) is 0 Å². The van der Waals surface area contributed by atoms with E-state index in [4.69, 9.17) is 0 Å². The van der Waals surface area contributed by atoms with Crippen LogP contribution in [0.2, 0.25) is 0 Å². The molecule has 0 saturated carbocycles. The van der Waals surface area contributed by atoms with Gasteiger partial charge in [-0.05, 0) is 58.2 Å². The Morgan fingerprint density at radius 1 is 1.37 bits per heavy atom. The zero-order chi connectivity index (χ0) is 14.3. The molecular weight excluding hydrogens is 306 g/mol. The number of carbonyl (C=O) groups excluding carboxylic acids is 1. The summed E-state index contributed by atoms with van der Waals surface area (Å²) in [7, 11) is 4.09. The molecule has 1 aromatic carbocycles. The molecule has 0 aliphatic carbocycles. The van der Waals surface area contributed by atoms with Gasteiger partial charge in [0.15, 0.2) is 0 Å². The van der Waals surface area contributed by atoms with Crippen LogP contribution >= 0.6 is 15.9 Å². The molecule has 0 fully saturated rings. The van der Waals surface area contributed by atoms with Crippen LogP contribution in [0.5, 0.6) is 0 Å². The molecule has 0 spiro atoms. The molecule has 0 atom stereocenters. The molecule has 0 aromatic heterocycles. The number of benzene rings is 1. The standard InChI is InChI=1S/C14H22BrN3O/c1-11-5-6-12(9-13(11)15)17-14(19)10-16-7-4-8-18(2)3/h5-6,9,16H,4,7-8,10H2,1-3H3,(H,17,19). The van der Waals surface area contributed by atoms with Gasteiger partial charge in [-0.3, -0.25) is 4.79 Å². The lowest BCUT2D eigenvalue weighted by atomic mass is 10.2. The van der Waals surface area contributed by atoms with Crippen molar-refractivity contribution in [1.29, 1.82) is 0 Å². The van der Waals surface area contributed by atoms with Crippen LogP contribution in [0.1, 0.15) is 12.0 Å². The van der Waals surface area contributed by atoms with Crippen molar-refractivity contribution in [1.82, 2.24) is 10.2 Å². The minimum atomic E-state index is -0.0133. The lowest BCUT2D eigenvalue weighted by Gasteiger charge is -2.10. The number of amides is 1. The Morgan fingerprint density at radius 3 is 2.74 bits per heavy atom. The average Bonchev–Trinajstić information content (AvgIpc) is 2.33. The Labute approximate surface area is 123 Å². The summed E-state index contributed by atoms with van der Waals surface area (Å²) in [5, 5.41) is 6.00. The Balaban J connectivity index is 2.25. The number of rotatable bonds is 7. The predicted octanol–water partition coefficient (Wildman–Crippen LogP) is 2.24. The summed E-state index contributed by atoms with van der Waals surface area (Å²) < 4.78 is 1.00. The summed E-state index contributed by atoms with van der Waals surface area (Å²) in [6, 6.07) is 5.80. The maximum Gasteiger partial charge on any atom is 0.238 e. The predicted molar refractivity (Wildman–Crippen MR) is 83.5 cm³/mol. The van der Waals surface area contributed by atoms with Crippen molar-refractivity contribution in [3.05, 3.63) is 28.2 Å². The van der Waals surface area contributed by atoms with Crippen LogP contribution < -0.4 is 10.6 Å². The van der Waals surface area contributed by atoms with Crippen molar-refractivity contribution in [3.8, 4) is 0 Å². The molecule has 0 aliphatic rings. The van der Waals surface area contributed by atoms with Crippen molar-refractivity contribution in [2.45, 2.75) is 13.3 Å². The van der Waals surface area contributed by atoms with E-state index in [1.54, 1.807) is 0 Å². The summed E-state index contributed by atoms with van der Waals surface area (Å²) >= 11 is 3.45. The molecule has 0 heterocycles. The van der Waals surface area contributed by atoms with Gasteiger partial charge in [-0.1, -0.05) is 22.0 Å². The van der Waals surface area contributed by atoms with E-state index < -0.39 is 0 Å². The largest absolute Gasteiger partial charge is 0.325 e. The highest BCUT2D eigenvalue weighted by Crippen LogP contribution is 2.20. The van der Waals surface area contributed by atoms with E-state index in [0.717, 1.165) is 35.2 Å². The molecule has 1 amide bonds. The van der Waals surface area contributed by atoms with Gasteiger partial charge in [0.1, 0.15) is 0 Å². The first-order chi connectivity index (χ1) is 8.99. The third-order valence-corrected chi connectivity index (χ3v) is 3.55. The number of nitrogens with one attached hydrogen (secondary N) is 2. The van der Waals surface area contributed by atoms with Gasteiger partial charge in [0, 0.05) is 10.2 Å². The third-order valence-electron chi connectivity index (χ3n) is 2.70. The molecule has 0 bridgehead atoms. The summed E-state index contributed by atoms with van der Waals surface area (Å²) in [6.45, 7) is 4.24. The summed E-state index contributed by atoms with van der Waals surface area (Å²) in [4.78, 5) is 13.8. The summed E-state index contributed by atoms with van der Waals surface area (Å²) in [6.07, 6.45) is 1.04. The molecule has 0 unspecified atom stereocenters. The van der Waals surface area contributed by atoms with Gasteiger partial charge in [-0.25, -0.2) is 0 Å². The first kappa shape index (κ1) is 16.1. The van der Waals surface area contributed by atoms with Crippen LogP contribution in [0.25, 0.3) is 0 Å². The normalized spacial score (nSPS) is 10.8. The van der Waals surface area contributed by atoms with E-state index in [2.05, 4.69) is 31.5 Å². The number of hydrogen-bond acceptors (Lipinski definition) is 3. The van der Waals surface area contributed by atoms with Crippen molar-refractivity contribution >= 4 is 27.5 Å². The SMILES string of the molecule is Cc1ccc(NC(=O)CNCCCN(C)C)cc1Br. The highest BCUT2D eigenvalue weighted by molar-refractivity contribution is 9.10. The van der Waals surface area contributed by atoms with Crippen molar-refractivity contribution < 1.29 is 4.79 Å². The smallest absolute Gasteiger partial charge is 0.238 e. The van der Waals surface area contributed by atoms with Crippen molar-refractivity contribution in [3.63, 3.8) is 0 Å². The van der Waals surface area contributed by atoms with Gasteiger partial charge in [-0.15, -0.1) is 0 Å². The summed E-state index contributed by atoms with van der Waals surface area (Å²) in [5.74, 6) is -0.0133. The monoisotopic (exact) mass is 327 g/mol. The molecular formula is C14H22BrN3O. The number of hydrogen-bond donors (Lipinski definition) is 2. The van der Waals surface area contributed by atoms with Gasteiger partial charge in [0.2, 0.25) is 5.91 Å². The molecule has 2 N–H and O–H groups in total. The second kappa shape index (κ2) is 8.30. The maximum absolute atomic E-state index is 11.7. The first-order valence-electron chi connectivity index (χ1n) is 6.40. The van der Waals surface area contributed by atoms with Gasteiger partial charge in [-0.2, -0.15) is 0 Å². The minimum Gasteiger partial charge on any atom is -0.325 e. The van der Waals surface area contributed by atoms with E-state index in [1.807, 2.05) is 39.2 Å². The Morgan fingerprint density at radius 2 is 2.11 bits per heavy atom. The minimum absolute atomic E-state index is 0.0133. The second-order valence-electron chi connectivity index (χ2n) is 4.85.